The van der Waals surface area contributed by atoms with Crippen molar-refractivity contribution in [3.05, 3.63) is 64.7 Å². The summed E-state index contributed by atoms with van der Waals surface area (Å²) in [7, 11) is 0. The van der Waals surface area contributed by atoms with Crippen LogP contribution in [-0.2, 0) is 9.47 Å². The summed E-state index contributed by atoms with van der Waals surface area (Å²) in [6.07, 6.45) is 0. The van der Waals surface area contributed by atoms with Gasteiger partial charge in [0.1, 0.15) is 24.5 Å². The van der Waals surface area contributed by atoms with Gasteiger partial charge in [-0.2, -0.15) is 0 Å². The average molecular weight is 398 g/mol. The summed E-state index contributed by atoms with van der Waals surface area (Å²) < 4.78 is 15.7. The number of Topliss-reactive ketones (excluding diaryl/α,β-unsaturated/α-hetero) is 2. The van der Waals surface area contributed by atoms with E-state index in [1.165, 1.54) is 44.2 Å². The molecule has 152 valence electrons. The number of carbonyl (C=O) groups excluding carboxylic acids is 4. The Labute approximate surface area is 168 Å². The van der Waals surface area contributed by atoms with Crippen molar-refractivity contribution < 1.29 is 33.4 Å². The molecule has 0 fully saturated rings. The first-order chi connectivity index (χ1) is 13.8. The molecule has 0 bridgehead atoms. The lowest BCUT2D eigenvalue weighted by Crippen LogP contribution is -2.15. The highest BCUT2D eigenvalue weighted by molar-refractivity contribution is 5.98. The quantitative estimate of drug-likeness (QED) is 0.362. The van der Waals surface area contributed by atoms with Gasteiger partial charge in [-0.25, -0.2) is 9.59 Å². The van der Waals surface area contributed by atoms with Crippen LogP contribution in [0, 0.1) is 0 Å². The minimum Gasteiger partial charge on any atom is -0.489 e. The number of rotatable bonds is 9. The lowest BCUT2D eigenvalue weighted by molar-refractivity contribution is 0.0438. The molecule has 2 rings (SSSR count). The highest BCUT2D eigenvalue weighted by atomic mass is 16.6. The number of esters is 2. The first-order valence-electron chi connectivity index (χ1n) is 9.06. The van der Waals surface area contributed by atoms with Crippen molar-refractivity contribution in [3.8, 4) is 5.75 Å². The lowest BCUT2D eigenvalue weighted by Gasteiger charge is -2.12. The molecule has 7 nitrogen and oxygen atoms in total. The number of benzene rings is 2. The largest absolute Gasteiger partial charge is 0.489 e. The van der Waals surface area contributed by atoms with Crippen LogP contribution in [0.25, 0.3) is 0 Å². The second-order valence-corrected chi connectivity index (χ2v) is 6.11. The number of carbonyl (C=O) groups is 4. The molecule has 7 heteroatoms. The zero-order valence-electron chi connectivity index (χ0n) is 16.5. The summed E-state index contributed by atoms with van der Waals surface area (Å²) in [5.41, 5.74) is 1.38. The van der Waals surface area contributed by atoms with Crippen molar-refractivity contribution in [2.24, 2.45) is 0 Å². The van der Waals surface area contributed by atoms with Crippen LogP contribution in [0.1, 0.15) is 62.2 Å². The Morgan fingerprint density at radius 3 is 1.90 bits per heavy atom. The van der Waals surface area contributed by atoms with Crippen molar-refractivity contribution in [3.63, 3.8) is 0 Å². The number of ketones is 2. The molecule has 0 saturated carbocycles. The Bertz CT molecular complexity index is 913. The van der Waals surface area contributed by atoms with Gasteiger partial charge in [0.25, 0.3) is 0 Å². The second-order valence-electron chi connectivity index (χ2n) is 6.11. The van der Waals surface area contributed by atoms with Crippen molar-refractivity contribution in [2.75, 3.05) is 19.8 Å². The molecule has 0 unspecified atom stereocenters. The van der Waals surface area contributed by atoms with Crippen molar-refractivity contribution in [2.45, 2.75) is 20.8 Å². The lowest BCUT2D eigenvalue weighted by atomic mass is 10.1. The molecule has 0 aliphatic heterocycles. The zero-order chi connectivity index (χ0) is 21.4. The summed E-state index contributed by atoms with van der Waals surface area (Å²) in [6.45, 7) is 4.64. The highest BCUT2D eigenvalue weighted by Crippen LogP contribution is 2.22. The van der Waals surface area contributed by atoms with E-state index in [0.717, 1.165) is 0 Å². The molecule has 0 aromatic heterocycles. The third-order valence-corrected chi connectivity index (χ3v) is 3.98. The second kappa shape index (κ2) is 10.2. The van der Waals surface area contributed by atoms with Gasteiger partial charge in [0, 0.05) is 11.1 Å². The van der Waals surface area contributed by atoms with Crippen molar-refractivity contribution in [1.29, 1.82) is 0 Å². The molecule has 0 aliphatic rings. The predicted molar refractivity (Wildman–Crippen MR) is 105 cm³/mol. The van der Waals surface area contributed by atoms with Crippen LogP contribution in [0.2, 0.25) is 0 Å². The van der Waals surface area contributed by atoms with Crippen LogP contribution in [0.15, 0.2) is 42.5 Å². The summed E-state index contributed by atoms with van der Waals surface area (Å²) >= 11 is 0. The van der Waals surface area contributed by atoms with Crippen molar-refractivity contribution >= 4 is 23.5 Å². The maximum absolute atomic E-state index is 12.1. The fourth-order valence-corrected chi connectivity index (χ4v) is 2.45. The van der Waals surface area contributed by atoms with E-state index in [9.17, 15) is 19.2 Å². The van der Waals surface area contributed by atoms with Gasteiger partial charge in [-0.05, 0) is 45.0 Å². The molecule has 2 aromatic rings. The number of ether oxygens (including phenoxy) is 3. The number of hydrogen-bond donors (Lipinski definition) is 0. The van der Waals surface area contributed by atoms with Crippen LogP contribution in [-0.4, -0.2) is 43.3 Å². The van der Waals surface area contributed by atoms with E-state index in [1.807, 2.05) is 0 Å². The van der Waals surface area contributed by atoms with Gasteiger partial charge in [-0.15, -0.1) is 0 Å². The van der Waals surface area contributed by atoms with E-state index in [1.54, 1.807) is 19.1 Å². The third kappa shape index (κ3) is 6.00. The molecule has 0 aliphatic carbocycles. The van der Waals surface area contributed by atoms with E-state index in [2.05, 4.69) is 0 Å². The molecule has 0 heterocycles. The molecule has 0 spiro atoms. The molecule has 0 amide bonds. The fraction of sp³-hybridized carbons (Fsp3) is 0.273. The van der Waals surface area contributed by atoms with Crippen LogP contribution in [0.5, 0.6) is 5.75 Å². The maximum atomic E-state index is 12.1. The van der Waals surface area contributed by atoms with Gasteiger partial charge in [0.15, 0.2) is 11.6 Å². The SMILES string of the molecule is CCOC(=O)c1ccc(C(C)=O)cc1OCCOC(=O)c1ccc(C(C)=O)cc1. The summed E-state index contributed by atoms with van der Waals surface area (Å²) in [6, 6.07) is 10.6. The van der Waals surface area contributed by atoms with Crippen molar-refractivity contribution in [1.82, 2.24) is 0 Å². The third-order valence-electron chi connectivity index (χ3n) is 3.98. The standard InChI is InChI=1S/C22H22O7/c1-4-27-22(26)19-10-9-18(15(3)24)13-20(19)28-11-12-29-21(25)17-7-5-16(6-8-17)14(2)23/h5-10,13H,4,11-12H2,1-3H3. The Morgan fingerprint density at radius 1 is 0.724 bits per heavy atom. The zero-order valence-corrected chi connectivity index (χ0v) is 16.5. The molecule has 0 atom stereocenters. The van der Waals surface area contributed by atoms with Gasteiger partial charge in [-0.1, -0.05) is 18.2 Å². The van der Waals surface area contributed by atoms with Crippen LogP contribution in [0.4, 0.5) is 0 Å². The molecule has 29 heavy (non-hydrogen) atoms. The smallest absolute Gasteiger partial charge is 0.341 e. The Morgan fingerprint density at radius 2 is 1.31 bits per heavy atom. The molecular formula is C22H22O7. The van der Waals surface area contributed by atoms with E-state index in [0.29, 0.717) is 16.7 Å². The minimum atomic E-state index is -0.569. The minimum absolute atomic E-state index is 0.0228. The van der Waals surface area contributed by atoms with Gasteiger partial charge < -0.3 is 14.2 Å². The molecule has 0 N–H and O–H groups in total. The van der Waals surface area contributed by atoms with Crippen LogP contribution in [0.3, 0.4) is 0 Å². The van der Waals surface area contributed by atoms with E-state index in [4.69, 9.17) is 14.2 Å². The van der Waals surface area contributed by atoms with Gasteiger partial charge in [-0.3, -0.25) is 9.59 Å². The first kappa shape index (κ1) is 21.8. The average Bonchev–Trinajstić information content (AvgIpc) is 2.71. The molecule has 0 radical (unpaired) electrons. The van der Waals surface area contributed by atoms with E-state index < -0.39 is 11.9 Å². The van der Waals surface area contributed by atoms with Gasteiger partial charge in [0.2, 0.25) is 0 Å². The van der Waals surface area contributed by atoms with Gasteiger partial charge >= 0.3 is 11.9 Å². The molecule has 0 saturated heterocycles. The van der Waals surface area contributed by atoms with Crippen LogP contribution < -0.4 is 4.74 Å². The maximum Gasteiger partial charge on any atom is 0.341 e. The normalized spacial score (nSPS) is 10.2. The first-order valence-corrected chi connectivity index (χ1v) is 9.06. The summed E-state index contributed by atoms with van der Waals surface area (Å²) in [5, 5.41) is 0. The highest BCUT2D eigenvalue weighted by Gasteiger charge is 2.16. The fourth-order valence-electron chi connectivity index (χ4n) is 2.45. The topological polar surface area (TPSA) is 96.0 Å². The monoisotopic (exact) mass is 398 g/mol. The Kier molecular flexibility index (Phi) is 7.65. The van der Waals surface area contributed by atoms with Crippen LogP contribution >= 0.6 is 0 Å². The summed E-state index contributed by atoms with van der Waals surface area (Å²) in [4.78, 5) is 47.0. The molecular weight excluding hydrogens is 376 g/mol. The Balaban J connectivity index is 1.99. The van der Waals surface area contributed by atoms with Gasteiger partial charge in [0.05, 0.1) is 12.2 Å². The predicted octanol–water partition coefficient (Wildman–Crippen LogP) is 3.50. The van der Waals surface area contributed by atoms with E-state index in [-0.39, 0.29) is 42.7 Å². The number of hydrogen-bond acceptors (Lipinski definition) is 7. The summed E-state index contributed by atoms with van der Waals surface area (Å²) in [5.74, 6) is -1.22. The van der Waals surface area contributed by atoms with E-state index >= 15 is 0 Å². The molecule has 2 aromatic carbocycles. The Hall–Kier alpha value is -3.48.